The summed E-state index contributed by atoms with van der Waals surface area (Å²) in [5.41, 5.74) is 2.01. The molecule has 2 rings (SSSR count). The first-order valence-electron chi connectivity index (χ1n) is 5.61. The Balaban J connectivity index is 2.11. The molecule has 1 N–H and O–H groups in total. The number of nitrogens with one attached hydrogen (secondary N) is 1. The van der Waals surface area contributed by atoms with E-state index in [9.17, 15) is 4.39 Å². The maximum Gasteiger partial charge on any atom is 0.126 e. The highest BCUT2D eigenvalue weighted by atomic mass is 19.1. The number of benzene rings is 1. The van der Waals surface area contributed by atoms with Gasteiger partial charge in [-0.3, -0.25) is 0 Å². The zero-order chi connectivity index (χ0) is 12.3. The molecule has 0 bridgehead atoms. The van der Waals surface area contributed by atoms with Crippen LogP contribution in [0.15, 0.2) is 42.5 Å². The van der Waals surface area contributed by atoms with E-state index < -0.39 is 0 Å². The predicted molar refractivity (Wildman–Crippen MR) is 67.4 cm³/mol. The fourth-order valence-corrected chi connectivity index (χ4v) is 1.68. The van der Waals surface area contributed by atoms with Gasteiger partial charge < -0.3 is 5.32 Å². The zero-order valence-corrected chi connectivity index (χ0v) is 9.94. The summed E-state index contributed by atoms with van der Waals surface area (Å²) in [7, 11) is 0. The number of pyridine rings is 1. The van der Waals surface area contributed by atoms with Gasteiger partial charge in [0.05, 0.1) is 0 Å². The largest absolute Gasteiger partial charge is 0.364 e. The molecule has 0 radical (unpaired) electrons. The number of hydrogen-bond acceptors (Lipinski definition) is 2. The molecular formula is C14H15FN2. The van der Waals surface area contributed by atoms with Gasteiger partial charge in [-0.25, -0.2) is 9.37 Å². The van der Waals surface area contributed by atoms with Crippen LogP contribution in [0.2, 0.25) is 0 Å². The molecule has 0 amide bonds. The summed E-state index contributed by atoms with van der Waals surface area (Å²) in [6.45, 7) is 3.98. The smallest absolute Gasteiger partial charge is 0.126 e. The van der Waals surface area contributed by atoms with E-state index in [0.29, 0.717) is 0 Å². The van der Waals surface area contributed by atoms with Crippen molar-refractivity contribution in [1.29, 1.82) is 0 Å². The summed E-state index contributed by atoms with van der Waals surface area (Å²) in [5.74, 6) is 0.622. The summed E-state index contributed by atoms with van der Waals surface area (Å²) in [6, 6.07) is 12.4. The predicted octanol–water partition coefficient (Wildman–Crippen LogP) is 3.70. The number of hydrogen-bond donors (Lipinski definition) is 1. The Hall–Kier alpha value is -1.90. The molecule has 1 aromatic heterocycles. The first-order valence-corrected chi connectivity index (χ1v) is 5.61. The molecule has 1 heterocycles. The monoisotopic (exact) mass is 230 g/mol. The van der Waals surface area contributed by atoms with Crippen LogP contribution in [0.5, 0.6) is 0 Å². The number of aromatic nitrogens is 1. The third kappa shape index (κ3) is 3.03. The average molecular weight is 230 g/mol. The van der Waals surface area contributed by atoms with Gasteiger partial charge in [0, 0.05) is 11.7 Å². The molecule has 0 aliphatic heterocycles. The molecule has 0 saturated carbocycles. The Morgan fingerprint density at radius 2 is 1.82 bits per heavy atom. The zero-order valence-electron chi connectivity index (χ0n) is 9.94. The Morgan fingerprint density at radius 3 is 2.47 bits per heavy atom. The van der Waals surface area contributed by atoms with Crippen LogP contribution in [0.3, 0.4) is 0 Å². The third-order valence-corrected chi connectivity index (χ3v) is 2.62. The Bertz CT molecular complexity index is 494. The molecule has 1 unspecified atom stereocenters. The molecule has 2 aromatic rings. The van der Waals surface area contributed by atoms with Crippen LogP contribution < -0.4 is 5.32 Å². The minimum Gasteiger partial charge on any atom is -0.364 e. The Morgan fingerprint density at radius 1 is 1.12 bits per heavy atom. The quantitative estimate of drug-likeness (QED) is 0.869. The normalized spacial score (nSPS) is 12.2. The van der Waals surface area contributed by atoms with Crippen LogP contribution in [0.1, 0.15) is 24.2 Å². The lowest BCUT2D eigenvalue weighted by atomic mass is 10.1. The molecule has 2 nitrogen and oxygen atoms in total. The topological polar surface area (TPSA) is 24.9 Å². The van der Waals surface area contributed by atoms with E-state index in [-0.39, 0.29) is 11.9 Å². The first-order chi connectivity index (χ1) is 8.15. The van der Waals surface area contributed by atoms with Crippen molar-refractivity contribution in [3.63, 3.8) is 0 Å². The molecule has 0 saturated heterocycles. The van der Waals surface area contributed by atoms with E-state index in [1.54, 1.807) is 12.1 Å². The number of anilines is 1. The third-order valence-electron chi connectivity index (χ3n) is 2.62. The molecule has 0 spiro atoms. The van der Waals surface area contributed by atoms with E-state index in [1.807, 2.05) is 32.0 Å². The summed E-state index contributed by atoms with van der Waals surface area (Å²) in [5, 5.41) is 3.28. The maximum atomic E-state index is 12.8. The van der Waals surface area contributed by atoms with Gasteiger partial charge in [0.15, 0.2) is 0 Å². The van der Waals surface area contributed by atoms with Crippen LogP contribution in [0, 0.1) is 12.7 Å². The molecule has 1 atom stereocenters. The van der Waals surface area contributed by atoms with E-state index in [2.05, 4.69) is 10.3 Å². The maximum absolute atomic E-state index is 12.8. The number of halogens is 1. The van der Waals surface area contributed by atoms with E-state index >= 15 is 0 Å². The van der Waals surface area contributed by atoms with Crippen LogP contribution >= 0.6 is 0 Å². The van der Waals surface area contributed by atoms with Crippen molar-refractivity contribution in [3.8, 4) is 0 Å². The SMILES string of the molecule is Cc1cccc(NC(C)c2ccc(F)cc2)n1. The lowest BCUT2D eigenvalue weighted by Gasteiger charge is -2.15. The minimum absolute atomic E-state index is 0.102. The Kier molecular flexibility index (Phi) is 3.38. The molecule has 88 valence electrons. The van der Waals surface area contributed by atoms with Crippen LogP contribution in [0.4, 0.5) is 10.2 Å². The highest BCUT2D eigenvalue weighted by molar-refractivity contribution is 5.38. The standard InChI is InChI=1S/C14H15FN2/c1-10-4-3-5-14(16-10)17-11(2)12-6-8-13(15)9-7-12/h3-9,11H,1-2H3,(H,16,17). The van der Waals surface area contributed by atoms with Crippen LogP contribution in [-0.2, 0) is 0 Å². The summed E-state index contributed by atoms with van der Waals surface area (Å²) < 4.78 is 12.8. The molecule has 0 fully saturated rings. The molecule has 0 aliphatic rings. The number of rotatable bonds is 3. The average Bonchev–Trinajstić information content (AvgIpc) is 2.29. The fraction of sp³-hybridized carbons (Fsp3) is 0.214. The van der Waals surface area contributed by atoms with Crippen molar-refractivity contribution in [2.24, 2.45) is 0 Å². The van der Waals surface area contributed by atoms with Gasteiger partial charge in [-0.2, -0.15) is 0 Å². The van der Waals surface area contributed by atoms with E-state index in [4.69, 9.17) is 0 Å². The van der Waals surface area contributed by atoms with Crippen molar-refractivity contribution >= 4 is 5.82 Å². The van der Waals surface area contributed by atoms with Crippen LogP contribution in [-0.4, -0.2) is 4.98 Å². The van der Waals surface area contributed by atoms with Gasteiger partial charge in [-0.1, -0.05) is 18.2 Å². The van der Waals surface area contributed by atoms with Gasteiger partial charge in [0.1, 0.15) is 11.6 Å². The number of aryl methyl sites for hydroxylation is 1. The Labute approximate surface area is 101 Å². The lowest BCUT2D eigenvalue weighted by Crippen LogP contribution is -2.08. The van der Waals surface area contributed by atoms with Crippen molar-refractivity contribution in [1.82, 2.24) is 4.98 Å². The lowest BCUT2D eigenvalue weighted by molar-refractivity contribution is 0.626. The molecule has 0 aliphatic carbocycles. The summed E-state index contributed by atoms with van der Waals surface area (Å²) >= 11 is 0. The fourth-order valence-electron chi connectivity index (χ4n) is 1.68. The van der Waals surface area contributed by atoms with Gasteiger partial charge in [-0.05, 0) is 43.7 Å². The minimum atomic E-state index is -0.213. The van der Waals surface area contributed by atoms with Gasteiger partial charge in [0.2, 0.25) is 0 Å². The van der Waals surface area contributed by atoms with Gasteiger partial charge >= 0.3 is 0 Å². The second-order valence-corrected chi connectivity index (χ2v) is 4.08. The first kappa shape index (κ1) is 11.6. The van der Waals surface area contributed by atoms with E-state index in [0.717, 1.165) is 17.1 Å². The molecule has 3 heteroatoms. The second-order valence-electron chi connectivity index (χ2n) is 4.08. The van der Waals surface area contributed by atoms with Crippen molar-refractivity contribution < 1.29 is 4.39 Å². The highest BCUT2D eigenvalue weighted by Crippen LogP contribution is 2.18. The van der Waals surface area contributed by atoms with Gasteiger partial charge in [0.25, 0.3) is 0 Å². The summed E-state index contributed by atoms with van der Waals surface area (Å²) in [4.78, 5) is 4.37. The van der Waals surface area contributed by atoms with Crippen molar-refractivity contribution in [3.05, 3.63) is 59.5 Å². The second kappa shape index (κ2) is 4.95. The number of nitrogens with zero attached hydrogens (tertiary/aromatic N) is 1. The van der Waals surface area contributed by atoms with E-state index in [1.165, 1.54) is 12.1 Å². The molecular weight excluding hydrogens is 215 g/mol. The highest BCUT2D eigenvalue weighted by Gasteiger charge is 2.05. The summed E-state index contributed by atoms with van der Waals surface area (Å²) in [6.07, 6.45) is 0. The molecule has 1 aromatic carbocycles. The van der Waals surface area contributed by atoms with Crippen molar-refractivity contribution in [2.45, 2.75) is 19.9 Å². The molecule has 17 heavy (non-hydrogen) atoms. The van der Waals surface area contributed by atoms with Crippen molar-refractivity contribution in [2.75, 3.05) is 5.32 Å². The van der Waals surface area contributed by atoms with Crippen LogP contribution in [0.25, 0.3) is 0 Å². The van der Waals surface area contributed by atoms with Gasteiger partial charge in [-0.15, -0.1) is 0 Å².